The highest BCUT2D eigenvalue weighted by Gasteiger charge is 2.36. The minimum absolute atomic E-state index is 0.167. The Bertz CT molecular complexity index is 856. The van der Waals surface area contributed by atoms with E-state index in [9.17, 15) is 9.59 Å². The summed E-state index contributed by atoms with van der Waals surface area (Å²) in [6.07, 6.45) is 0. The third kappa shape index (κ3) is 3.37. The number of hydrogen-bond acceptors (Lipinski definition) is 3. The second-order valence-corrected chi connectivity index (χ2v) is 6.80. The van der Waals surface area contributed by atoms with Gasteiger partial charge in [-0.15, -0.1) is 0 Å². The van der Waals surface area contributed by atoms with E-state index in [1.807, 2.05) is 18.2 Å². The third-order valence-corrected chi connectivity index (χ3v) is 5.00. The van der Waals surface area contributed by atoms with Crippen LogP contribution in [0.3, 0.4) is 0 Å². The second kappa shape index (κ2) is 7.56. The Kier molecular flexibility index (Phi) is 5.39. The Labute approximate surface area is 162 Å². The monoisotopic (exact) mass is 392 g/mol. The van der Waals surface area contributed by atoms with E-state index in [4.69, 9.17) is 27.9 Å². The Morgan fingerprint density at radius 3 is 2.58 bits per heavy atom. The van der Waals surface area contributed by atoms with Gasteiger partial charge in [0.15, 0.2) is 0 Å². The van der Waals surface area contributed by atoms with Crippen LogP contribution in [-0.4, -0.2) is 43.0 Å². The summed E-state index contributed by atoms with van der Waals surface area (Å²) in [7, 11) is 1.56. The molecule has 1 atom stereocenters. The number of amides is 2. The van der Waals surface area contributed by atoms with Crippen LogP contribution in [0.25, 0.3) is 0 Å². The molecule has 1 saturated heterocycles. The Hall–Kier alpha value is -2.24. The summed E-state index contributed by atoms with van der Waals surface area (Å²) in [6.45, 7) is 2.48. The molecule has 0 aliphatic carbocycles. The van der Waals surface area contributed by atoms with Crippen LogP contribution in [0.5, 0.6) is 5.75 Å². The average Bonchev–Trinajstić information content (AvgIpc) is 2.63. The summed E-state index contributed by atoms with van der Waals surface area (Å²) < 4.78 is 5.35. The van der Waals surface area contributed by atoms with Crippen LogP contribution in [0.1, 0.15) is 17.3 Å². The molecule has 0 radical (unpaired) electrons. The van der Waals surface area contributed by atoms with Gasteiger partial charge in [0, 0.05) is 18.1 Å². The minimum atomic E-state index is -0.618. The second-order valence-electron chi connectivity index (χ2n) is 5.96. The number of hydrogen-bond donors (Lipinski definition) is 0. The van der Waals surface area contributed by atoms with Gasteiger partial charge in [-0.3, -0.25) is 9.59 Å². The summed E-state index contributed by atoms with van der Waals surface area (Å²) in [5.74, 6) is 0.167. The van der Waals surface area contributed by atoms with Crippen molar-refractivity contribution in [3.05, 3.63) is 58.1 Å². The molecule has 0 aromatic heterocycles. The van der Waals surface area contributed by atoms with E-state index in [2.05, 4.69) is 0 Å². The summed E-state index contributed by atoms with van der Waals surface area (Å²) in [5, 5.41) is 0.728. The Morgan fingerprint density at radius 1 is 1.15 bits per heavy atom. The van der Waals surface area contributed by atoms with Crippen molar-refractivity contribution >= 4 is 40.7 Å². The first-order valence-corrected chi connectivity index (χ1v) is 8.90. The Balaban J connectivity index is 1.85. The number of carbonyl (C=O) groups excluding carboxylic acids is 2. The highest BCUT2D eigenvalue weighted by Crippen LogP contribution is 2.31. The molecule has 26 heavy (non-hydrogen) atoms. The molecule has 5 nitrogen and oxygen atoms in total. The molecular formula is C19H18Cl2N2O3. The molecule has 0 N–H and O–H groups in total. The lowest BCUT2D eigenvalue weighted by molar-refractivity contribution is -0.124. The van der Waals surface area contributed by atoms with E-state index in [1.54, 1.807) is 37.1 Å². The quantitative estimate of drug-likeness (QED) is 0.796. The molecule has 2 amide bonds. The zero-order valence-electron chi connectivity index (χ0n) is 14.4. The predicted octanol–water partition coefficient (Wildman–Crippen LogP) is 3.88. The van der Waals surface area contributed by atoms with Gasteiger partial charge in [0.2, 0.25) is 5.91 Å². The molecule has 1 heterocycles. The van der Waals surface area contributed by atoms with Gasteiger partial charge in [0.25, 0.3) is 5.91 Å². The van der Waals surface area contributed by atoms with Gasteiger partial charge in [-0.25, -0.2) is 0 Å². The van der Waals surface area contributed by atoms with E-state index >= 15 is 0 Å². The van der Waals surface area contributed by atoms with Gasteiger partial charge in [-0.1, -0.05) is 35.3 Å². The molecule has 0 unspecified atom stereocenters. The van der Waals surface area contributed by atoms with E-state index in [0.717, 1.165) is 0 Å². The Morgan fingerprint density at radius 2 is 1.88 bits per heavy atom. The average molecular weight is 393 g/mol. The van der Waals surface area contributed by atoms with Crippen molar-refractivity contribution in [2.75, 3.05) is 25.1 Å². The van der Waals surface area contributed by atoms with E-state index in [0.29, 0.717) is 35.1 Å². The maximum atomic E-state index is 12.9. The molecule has 0 bridgehead atoms. The van der Waals surface area contributed by atoms with Crippen LogP contribution in [0.2, 0.25) is 10.0 Å². The molecule has 3 rings (SSSR count). The first-order chi connectivity index (χ1) is 12.4. The maximum Gasteiger partial charge on any atom is 0.256 e. The van der Waals surface area contributed by atoms with E-state index in [1.165, 1.54) is 11.0 Å². The highest BCUT2D eigenvalue weighted by molar-refractivity contribution is 6.36. The lowest BCUT2D eigenvalue weighted by atomic mass is 10.1. The van der Waals surface area contributed by atoms with Crippen molar-refractivity contribution < 1.29 is 14.3 Å². The zero-order valence-corrected chi connectivity index (χ0v) is 15.9. The lowest BCUT2D eigenvalue weighted by Gasteiger charge is -2.39. The van der Waals surface area contributed by atoms with Gasteiger partial charge in [0.1, 0.15) is 11.8 Å². The van der Waals surface area contributed by atoms with Gasteiger partial charge in [-0.05, 0) is 37.3 Å². The van der Waals surface area contributed by atoms with Crippen molar-refractivity contribution in [2.45, 2.75) is 13.0 Å². The smallest absolute Gasteiger partial charge is 0.256 e. The molecule has 0 spiro atoms. The fraction of sp³-hybridized carbons (Fsp3) is 0.263. The molecule has 2 aromatic carbocycles. The minimum Gasteiger partial charge on any atom is -0.495 e. The number of piperazine rings is 1. The van der Waals surface area contributed by atoms with Crippen LogP contribution in [0, 0.1) is 0 Å². The lowest BCUT2D eigenvalue weighted by Crippen LogP contribution is -2.57. The molecule has 0 saturated carbocycles. The molecule has 1 aliphatic heterocycles. The zero-order chi connectivity index (χ0) is 18.8. The van der Waals surface area contributed by atoms with Crippen LogP contribution < -0.4 is 9.64 Å². The summed E-state index contributed by atoms with van der Waals surface area (Å²) in [6, 6.07) is 11.4. The van der Waals surface area contributed by atoms with Crippen LogP contribution in [0.4, 0.5) is 5.69 Å². The van der Waals surface area contributed by atoms with Crippen molar-refractivity contribution in [1.82, 2.24) is 4.90 Å². The molecular weight excluding hydrogens is 375 g/mol. The number of ether oxygens (including phenoxy) is 1. The number of anilines is 1. The number of para-hydroxylation sites is 2. The number of nitrogens with zero attached hydrogens (tertiary/aromatic N) is 2. The normalized spacial score (nSPS) is 17.4. The molecule has 7 heteroatoms. The van der Waals surface area contributed by atoms with Crippen molar-refractivity contribution in [3.63, 3.8) is 0 Å². The topological polar surface area (TPSA) is 49.9 Å². The van der Waals surface area contributed by atoms with Crippen LogP contribution in [0.15, 0.2) is 42.5 Å². The number of benzene rings is 2. The molecule has 1 fully saturated rings. The van der Waals surface area contributed by atoms with E-state index < -0.39 is 6.04 Å². The number of methoxy groups -OCH3 is 1. The predicted molar refractivity (Wildman–Crippen MR) is 102 cm³/mol. The molecule has 136 valence electrons. The van der Waals surface area contributed by atoms with Crippen molar-refractivity contribution in [2.24, 2.45) is 0 Å². The van der Waals surface area contributed by atoms with Gasteiger partial charge >= 0.3 is 0 Å². The highest BCUT2D eigenvalue weighted by atomic mass is 35.5. The maximum absolute atomic E-state index is 12.9. The number of rotatable bonds is 3. The molecule has 1 aliphatic rings. The fourth-order valence-corrected chi connectivity index (χ4v) is 3.55. The fourth-order valence-electron chi connectivity index (χ4n) is 3.06. The van der Waals surface area contributed by atoms with Crippen molar-refractivity contribution in [1.29, 1.82) is 0 Å². The summed E-state index contributed by atoms with van der Waals surface area (Å²) >= 11 is 12.0. The standard InChI is InChI=1S/C19H18Cl2N2O3/c1-12-18(24)23(16-5-3-4-6-17(16)26-2)10-9-22(12)19(25)14-8-7-13(20)11-15(14)21/h3-8,11-12H,9-10H2,1-2H3/t12-/m1/s1. The SMILES string of the molecule is COc1ccccc1N1CCN(C(=O)c2ccc(Cl)cc2Cl)[C@H](C)C1=O. The summed E-state index contributed by atoms with van der Waals surface area (Å²) in [4.78, 5) is 28.9. The van der Waals surface area contributed by atoms with Gasteiger partial charge < -0.3 is 14.5 Å². The number of halogens is 2. The van der Waals surface area contributed by atoms with Gasteiger partial charge in [-0.2, -0.15) is 0 Å². The molecule has 2 aromatic rings. The van der Waals surface area contributed by atoms with Gasteiger partial charge in [0.05, 0.1) is 23.4 Å². The summed E-state index contributed by atoms with van der Waals surface area (Å²) in [5.41, 5.74) is 1.03. The van der Waals surface area contributed by atoms with Crippen molar-refractivity contribution in [3.8, 4) is 5.75 Å². The van der Waals surface area contributed by atoms with E-state index in [-0.39, 0.29) is 16.8 Å². The van der Waals surface area contributed by atoms with Crippen LogP contribution >= 0.6 is 23.2 Å². The third-order valence-electron chi connectivity index (χ3n) is 4.45. The first-order valence-electron chi connectivity index (χ1n) is 8.14. The first kappa shape index (κ1) is 18.5. The number of carbonyl (C=O) groups is 2. The van der Waals surface area contributed by atoms with Crippen LogP contribution in [-0.2, 0) is 4.79 Å². The largest absolute Gasteiger partial charge is 0.495 e.